The summed E-state index contributed by atoms with van der Waals surface area (Å²) in [4.78, 5) is 26.6. The monoisotopic (exact) mass is 413 g/mol. The van der Waals surface area contributed by atoms with E-state index in [0.29, 0.717) is 22.0 Å². The van der Waals surface area contributed by atoms with Crippen LogP contribution in [-0.4, -0.2) is 18.5 Å². The highest BCUT2D eigenvalue weighted by Gasteiger charge is 2.27. The van der Waals surface area contributed by atoms with Gasteiger partial charge in [-0.05, 0) is 60.2 Å². The van der Waals surface area contributed by atoms with E-state index in [4.69, 9.17) is 4.74 Å². The maximum absolute atomic E-state index is 12.4. The Bertz CT molecular complexity index is 751. The summed E-state index contributed by atoms with van der Waals surface area (Å²) in [5.41, 5.74) is 1.61. The van der Waals surface area contributed by atoms with Crippen LogP contribution in [0.1, 0.15) is 50.2 Å². The molecule has 0 aliphatic heterocycles. The average molecular weight is 414 g/mol. The lowest BCUT2D eigenvalue weighted by Gasteiger charge is -2.12. The SMILES string of the molecule is CCOC(=O)c1c(NC(=O)c2cc(Br)cs2)sc2c1CCCC2. The number of rotatable bonds is 4. The Morgan fingerprint density at radius 1 is 1.35 bits per heavy atom. The van der Waals surface area contributed by atoms with Gasteiger partial charge in [0, 0.05) is 14.7 Å². The van der Waals surface area contributed by atoms with Gasteiger partial charge in [-0.25, -0.2) is 4.79 Å². The zero-order chi connectivity index (χ0) is 16.4. The van der Waals surface area contributed by atoms with Crippen molar-refractivity contribution < 1.29 is 14.3 Å². The van der Waals surface area contributed by atoms with Crippen molar-refractivity contribution in [3.05, 3.63) is 36.8 Å². The number of aryl methyl sites for hydroxylation is 1. The maximum Gasteiger partial charge on any atom is 0.341 e. The van der Waals surface area contributed by atoms with E-state index in [1.165, 1.54) is 27.6 Å². The van der Waals surface area contributed by atoms with E-state index < -0.39 is 0 Å². The number of fused-ring (bicyclic) bond motifs is 1. The number of anilines is 1. The number of amides is 1. The Labute approximate surface area is 151 Å². The van der Waals surface area contributed by atoms with E-state index in [2.05, 4.69) is 21.2 Å². The summed E-state index contributed by atoms with van der Waals surface area (Å²) in [7, 11) is 0. The van der Waals surface area contributed by atoms with Crippen LogP contribution in [0.15, 0.2) is 15.9 Å². The number of esters is 1. The third-order valence-electron chi connectivity index (χ3n) is 3.67. The number of carbonyl (C=O) groups is 2. The molecule has 1 N–H and O–H groups in total. The van der Waals surface area contributed by atoms with Crippen LogP contribution in [0.2, 0.25) is 0 Å². The van der Waals surface area contributed by atoms with Crippen molar-refractivity contribution >= 4 is 55.5 Å². The van der Waals surface area contributed by atoms with Crippen molar-refractivity contribution in [3.8, 4) is 0 Å². The summed E-state index contributed by atoms with van der Waals surface area (Å²) in [6, 6.07) is 1.78. The minimum atomic E-state index is -0.338. The molecule has 0 fully saturated rings. The second-order valence-electron chi connectivity index (χ2n) is 5.22. The fourth-order valence-corrected chi connectivity index (χ4v) is 5.26. The predicted octanol–water partition coefficient (Wildman–Crippen LogP) is 4.88. The highest BCUT2D eigenvalue weighted by Crippen LogP contribution is 2.39. The smallest absolute Gasteiger partial charge is 0.341 e. The van der Waals surface area contributed by atoms with Crippen LogP contribution in [0, 0.1) is 0 Å². The zero-order valence-electron chi connectivity index (χ0n) is 12.6. The molecule has 0 unspecified atom stereocenters. The molecule has 0 saturated carbocycles. The third-order valence-corrected chi connectivity index (χ3v) is 6.57. The average Bonchev–Trinajstić information content (AvgIpc) is 3.10. The number of hydrogen-bond donors (Lipinski definition) is 1. The quantitative estimate of drug-likeness (QED) is 0.726. The Morgan fingerprint density at radius 2 is 2.13 bits per heavy atom. The number of thiophene rings is 2. The van der Waals surface area contributed by atoms with Crippen LogP contribution in [0.4, 0.5) is 5.00 Å². The van der Waals surface area contributed by atoms with Gasteiger partial charge in [0.05, 0.1) is 17.0 Å². The van der Waals surface area contributed by atoms with Crippen LogP contribution in [0.5, 0.6) is 0 Å². The molecule has 0 radical (unpaired) electrons. The predicted molar refractivity (Wildman–Crippen MR) is 96.9 cm³/mol. The van der Waals surface area contributed by atoms with Gasteiger partial charge in [0.1, 0.15) is 5.00 Å². The Morgan fingerprint density at radius 3 is 2.83 bits per heavy atom. The van der Waals surface area contributed by atoms with Gasteiger partial charge >= 0.3 is 5.97 Å². The van der Waals surface area contributed by atoms with Gasteiger partial charge in [-0.2, -0.15) is 0 Å². The van der Waals surface area contributed by atoms with Crippen LogP contribution in [0.25, 0.3) is 0 Å². The standard InChI is InChI=1S/C16H16BrNO3S2/c1-2-21-16(20)13-10-5-3-4-6-11(10)23-15(13)18-14(19)12-7-9(17)8-22-12/h7-8H,2-6H2,1H3,(H,18,19). The molecule has 122 valence electrons. The normalized spacial score (nSPS) is 13.5. The van der Waals surface area contributed by atoms with Gasteiger partial charge in [-0.1, -0.05) is 0 Å². The summed E-state index contributed by atoms with van der Waals surface area (Å²) in [6.45, 7) is 2.12. The second-order valence-corrected chi connectivity index (χ2v) is 8.15. The molecule has 23 heavy (non-hydrogen) atoms. The molecule has 7 heteroatoms. The van der Waals surface area contributed by atoms with Crippen LogP contribution in [-0.2, 0) is 17.6 Å². The fourth-order valence-electron chi connectivity index (χ4n) is 2.67. The van der Waals surface area contributed by atoms with Crippen molar-refractivity contribution in [3.63, 3.8) is 0 Å². The fraction of sp³-hybridized carbons (Fsp3) is 0.375. The van der Waals surface area contributed by atoms with Crippen LogP contribution in [0.3, 0.4) is 0 Å². The van der Waals surface area contributed by atoms with Crippen molar-refractivity contribution in [1.82, 2.24) is 0 Å². The van der Waals surface area contributed by atoms with E-state index in [-0.39, 0.29) is 11.9 Å². The van der Waals surface area contributed by atoms with E-state index in [1.807, 2.05) is 5.38 Å². The summed E-state index contributed by atoms with van der Waals surface area (Å²) in [5.74, 6) is -0.528. The van der Waals surface area contributed by atoms with Gasteiger partial charge in [0.2, 0.25) is 0 Å². The van der Waals surface area contributed by atoms with Crippen molar-refractivity contribution in [2.45, 2.75) is 32.6 Å². The zero-order valence-corrected chi connectivity index (χ0v) is 15.8. The molecule has 2 aromatic heterocycles. The number of halogens is 1. The largest absolute Gasteiger partial charge is 0.462 e. The topological polar surface area (TPSA) is 55.4 Å². The van der Waals surface area contributed by atoms with E-state index in [1.54, 1.807) is 13.0 Å². The van der Waals surface area contributed by atoms with E-state index in [9.17, 15) is 9.59 Å². The lowest BCUT2D eigenvalue weighted by Crippen LogP contribution is -2.15. The van der Waals surface area contributed by atoms with Crippen molar-refractivity contribution in [1.29, 1.82) is 0 Å². The van der Waals surface area contributed by atoms with Crippen LogP contribution < -0.4 is 5.32 Å². The number of nitrogens with one attached hydrogen (secondary N) is 1. The number of ether oxygens (including phenoxy) is 1. The second kappa shape index (κ2) is 7.15. The Hall–Kier alpha value is -1.18. The van der Waals surface area contributed by atoms with Gasteiger partial charge in [-0.15, -0.1) is 22.7 Å². The molecule has 0 aromatic carbocycles. The lowest BCUT2D eigenvalue weighted by molar-refractivity contribution is 0.0526. The first-order valence-corrected chi connectivity index (χ1v) is 9.96. The molecule has 0 atom stereocenters. The van der Waals surface area contributed by atoms with E-state index >= 15 is 0 Å². The first kappa shape index (κ1) is 16.7. The van der Waals surface area contributed by atoms with Gasteiger partial charge < -0.3 is 10.1 Å². The Balaban J connectivity index is 1.93. The molecular weight excluding hydrogens is 398 g/mol. The number of hydrogen-bond acceptors (Lipinski definition) is 5. The van der Waals surface area contributed by atoms with Gasteiger partial charge in [0.15, 0.2) is 0 Å². The minimum absolute atomic E-state index is 0.190. The van der Waals surface area contributed by atoms with Gasteiger partial charge in [-0.3, -0.25) is 4.79 Å². The molecule has 0 spiro atoms. The molecular formula is C16H16BrNO3S2. The highest BCUT2D eigenvalue weighted by molar-refractivity contribution is 9.10. The summed E-state index contributed by atoms with van der Waals surface area (Å²) < 4.78 is 6.07. The van der Waals surface area contributed by atoms with Crippen molar-refractivity contribution in [2.24, 2.45) is 0 Å². The first-order chi connectivity index (χ1) is 11.1. The molecule has 1 aliphatic carbocycles. The summed E-state index contributed by atoms with van der Waals surface area (Å²) >= 11 is 6.22. The summed E-state index contributed by atoms with van der Waals surface area (Å²) in [5, 5.41) is 5.38. The molecule has 1 aliphatic rings. The van der Waals surface area contributed by atoms with E-state index in [0.717, 1.165) is 35.7 Å². The molecule has 4 nitrogen and oxygen atoms in total. The molecule has 0 saturated heterocycles. The molecule has 0 bridgehead atoms. The lowest BCUT2D eigenvalue weighted by atomic mass is 9.95. The molecule has 2 aromatic rings. The third kappa shape index (κ3) is 3.51. The minimum Gasteiger partial charge on any atom is -0.462 e. The van der Waals surface area contributed by atoms with Gasteiger partial charge in [0.25, 0.3) is 5.91 Å². The maximum atomic E-state index is 12.4. The van der Waals surface area contributed by atoms with Crippen molar-refractivity contribution in [2.75, 3.05) is 11.9 Å². The molecule has 2 heterocycles. The first-order valence-electron chi connectivity index (χ1n) is 7.47. The molecule has 1 amide bonds. The summed E-state index contributed by atoms with van der Waals surface area (Å²) in [6.07, 6.45) is 4.04. The highest BCUT2D eigenvalue weighted by atomic mass is 79.9. The molecule has 3 rings (SSSR count). The van der Waals surface area contributed by atoms with Crippen LogP contribution >= 0.6 is 38.6 Å². The number of carbonyl (C=O) groups excluding carboxylic acids is 2. The Kier molecular flexibility index (Phi) is 5.18.